The molecule has 0 bridgehead atoms. The van der Waals surface area contributed by atoms with Gasteiger partial charge in [0, 0.05) is 19.6 Å². The molecule has 0 heterocycles. The van der Waals surface area contributed by atoms with Crippen LogP contribution in [0, 0.1) is 11.3 Å². The van der Waals surface area contributed by atoms with Crippen LogP contribution in [-0.4, -0.2) is 62.2 Å². The van der Waals surface area contributed by atoms with Gasteiger partial charge in [0.1, 0.15) is 5.54 Å². The molecule has 0 saturated carbocycles. The quantitative estimate of drug-likeness (QED) is 0.642. The van der Waals surface area contributed by atoms with E-state index in [1.807, 2.05) is 13.8 Å². The molecule has 0 aromatic heterocycles. The molecular weight excluding hydrogens is 224 g/mol. The van der Waals surface area contributed by atoms with Gasteiger partial charge in [-0.3, -0.25) is 5.32 Å². The van der Waals surface area contributed by atoms with Crippen LogP contribution in [-0.2, 0) is 0 Å². The molecule has 0 radical (unpaired) electrons. The van der Waals surface area contributed by atoms with Gasteiger partial charge in [-0.25, -0.2) is 0 Å². The molecular formula is C14H30N4. The normalized spacial score (nSPS) is 14.8. The number of rotatable bonds is 10. The van der Waals surface area contributed by atoms with E-state index in [-0.39, 0.29) is 0 Å². The molecule has 0 rings (SSSR count). The summed E-state index contributed by atoms with van der Waals surface area (Å²) in [5, 5.41) is 12.5. The Morgan fingerprint density at radius 1 is 1.11 bits per heavy atom. The molecule has 0 fully saturated rings. The average molecular weight is 254 g/mol. The smallest absolute Gasteiger partial charge is 0.105 e. The second-order valence-electron chi connectivity index (χ2n) is 5.37. The van der Waals surface area contributed by atoms with E-state index in [2.05, 4.69) is 42.2 Å². The summed E-state index contributed by atoms with van der Waals surface area (Å²) in [6, 6.07) is 2.39. The van der Waals surface area contributed by atoms with Crippen LogP contribution < -0.4 is 5.32 Å². The lowest BCUT2D eigenvalue weighted by Gasteiger charge is -2.28. The Balaban J connectivity index is 4.19. The Morgan fingerprint density at radius 2 is 1.78 bits per heavy atom. The van der Waals surface area contributed by atoms with Gasteiger partial charge in [0.15, 0.2) is 0 Å². The van der Waals surface area contributed by atoms with E-state index >= 15 is 0 Å². The molecule has 1 N–H and O–H groups in total. The van der Waals surface area contributed by atoms with Crippen molar-refractivity contribution in [1.29, 1.82) is 5.26 Å². The van der Waals surface area contributed by atoms with Crippen LogP contribution in [0.4, 0.5) is 0 Å². The lowest BCUT2D eigenvalue weighted by molar-refractivity contribution is 0.222. The van der Waals surface area contributed by atoms with Gasteiger partial charge in [0.2, 0.25) is 0 Å². The highest BCUT2D eigenvalue weighted by Gasteiger charge is 2.22. The lowest BCUT2D eigenvalue weighted by Crippen LogP contribution is -2.44. The molecule has 1 atom stereocenters. The monoisotopic (exact) mass is 254 g/mol. The standard InChI is InChI=1S/C14H30N4/c1-6-9-18(12-11-17(4)5)10-8-14(3,13-15)16-7-2/h16H,6-12H2,1-5H3. The van der Waals surface area contributed by atoms with Gasteiger partial charge in [-0.2, -0.15) is 5.26 Å². The molecule has 4 heteroatoms. The number of nitrogens with one attached hydrogen (secondary N) is 1. The summed E-state index contributed by atoms with van der Waals surface area (Å²) in [6.07, 6.45) is 2.04. The summed E-state index contributed by atoms with van der Waals surface area (Å²) in [4.78, 5) is 4.66. The highest BCUT2D eigenvalue weighted by atomic mass is 15.2. The van der Waals surface area contributed by atoms with Gasteiger partial charge in [-0.15, -0.1) is 0 Å². The van der Waals surface area contributed by atoms with Crippen molar-refractivity contribution < 1.29 is 0 Å². The largest absolute Gasteiger partial charge is 0.308 e. The van der Waals surface area contributed by atoms with E-state index in [1.54, 1.807) is 0 Å². The zero-order valence-electron chi connectivity index (χ0n) is 12.8. The molecule has 106 valence electrons. The number of hydrogen-bond acceptors (Lipinski definition) is 4. The fourth-order valence-corrected chi connectivity index (χ4v) is 1.95. The molecule has 0 amide bonds. The number of nitrogens with zero attached hydrogens (tertiary/aromatic N) is 3. The summed E-state index contributed by atoms with van der Waals surface area (Å²) >= 11 is 0. The van der Waals surface area contributed by atoms with Crippen molar-refractivity contribution in [3.63, 3.8) is 0 Å². The van der Waals surface area contributed by atoms with Crippen molar-refractivity contribution in [2.75, 3.05) is 46.8 Å². The number of nitriles is 1. The minimum absolute atomic E-state index is 0.390. The first-order valence-corrected chi connectivity index (χ1v) is 7.00. The number of likely N-dealkylation sites (N-methyl/N-ethyl adjacent to an activating group) is 1. The molecule has 0 spiro atoms. The van der Waals surface area contributed by atoms with Crippen molar-refractivity contribution in [3.8, 4) is 6.07 Å². The van der Waals surface area contributed by atoms with E-state index in [0.717, 1.165) is 45.6 Å². The fraction of sp³-hybridized carbons (Fsp3) is 0.929. The summed E-state index contributed by atoms with van der Waals surface area (Å²) in [7, 11) is 4.20. The Kier molecular flexibility index (Phi) is 8.99. The Bertz CT molecular complexity index is 247. The van der Waals surface area contributed by atoms with Crippen LogP contribution in [0.3, 0.4) is 0 Å². The van der Waals surface area contributed by atoms with Gasteiger partial charge in [0.25, 0.3) is 0 Å². The third-order valence-corrected chi connectivity index (χ3v) is 3.15. The first kappa shape index (κ1) is 17.4. The third-order valence-electron chi connectivity index (χ3n) is 3.15. The molecule has 0 aliphatic heterocycles. The maximum atomic E-state index is 9.24. The minimum atomic E-state index is -0.390. The molecule has 0 aromatic carbocycles. The van der Waals surface area contributed by atoms with Crippen molar-refractivity contribution in [1.82, 2.24) is 15.1 Å². The van der Waals surface area contributed by atoms with Crippen molar-refractivity contribution >= 4 is 0 Å². The maximum Gasteiger partial charge on any atom is 0.105 e. The van der Waals surface area contributed by atoms with Gasteiger partial charge < -0.3 is 9.80 Å². The third kappa shape index (κ3) is 7.65. The van der Waals surface area contributed by atoms with Gasteiger partial charge in [-0.05, 0) is 47.0 Å². The van der Waals surface area contributed by atoms with Gasteiger partial charge >= 0.3 is 0 Å². The van der Waals surface area contributed by atoms with Crippen molar-refractivity contribution in [3.05, 3.63) is 0 Å². The molecule has 0 aromatic rings. The van der Waals surface area contributed by atoms with Crippen LogP contribution in [0.15, 0.2) is 0 Å². The van der Waals surface area contributed by atoms with E-state index in [9.17, 15) is 5.26 Å². The van der Waals surface area contributed by atoms with Crippen LogP contribution in [0.25, 0.3) is 0 Å². The summed E-state index contributed by atoms with van der Waals surface area (Å²) in [6.45, 7) is 11.3. The topological polar surface area (TPSA) is 42.3 Å². The van der Waals surface area contributed by atoms with Gasteiger partial charge in [-0.1, -0.05) is 13.8 Å². The second kappa shape index (κ2) is 9.32. The van der Waals surface area contributed by atoms with E-state index < -0.39 is 5.54 Å². The van der Waals surface area contributed by atoms with Crippen LogP contribution >= 0.6 is 0 Å². The van der Waals surface area contributed by atoms with Crippen LogP contribution in [0.5, 0.6) is 0 Å². The average Bonchev–Trinajstić information content (AvgIpc) is 2.33. The summed E-state index contributed by atoms with van der Waals surface area (Å²) < 4.78 is 0. The minimum Gasteiger partial charge on any atom is -0.308 e. The second-order valence-corrected chi connectivity index (χ2v) is 5.37. The van der Waals surface area contributed by atoms with Crippen LogP contribution in [0.2, 0.25) is 0 Å². The zero-order valence-corrected chi connectivity index (χ0v) is 12.8. The van der Waals surface area contributed by atoms with Gasteiger partial charge in [0.05, 0.1) is 6.07 Å². The molecule has 4 nitrogen and oxygen atoms in total. The van der Waals surface area contributed by atoms with Crippen molar-refractivity contribution in [2.45, 2.75) is 39.2 Å². The zero-order chi connectivity index (χ0) is 14.0. The molecule has 18 heavy (non-hydrogen) atoms. The predicted octanol–water partition coefficient (Wildman–Crippen LogP) is 1.54. The lowest BCUT2D eigenvalue weighted by atomic mass is 9.99. The van der Waals surface area contributed by atoms with Crippen LogP contribution in [0.1, 0.15) is 33.6 Å². The summed E-state index contributed by atoms with van der Waals surface area (Å²) in [5.74, 6) is 0. The molecule has 1 unspecified atom stereocenters. The summed E-state index contributed by atoms with van der Waals surface area (Å²) in [5.41, 5.74) is -0.390. The van der Waals surface area contributed by atoms with Crippen molar-refractivity contribution in [2.24, 2.45) is 0 Å². The molecule has 0 saturated heterocycles. The van der Waals surface area contributed by atoms with E-state index in [4.69, 9.17) is 0 Å². The Hall–Kier alpha value is -0.630. The Morgan fingerprint density at radius 3 is 2.22 bits per heavy atom. The highest BCUT2D eigenvalue weighted by Crippen LogP contribution is 2.09. The predicted molar refractivity (Wildman–Crippen MR) is 77.6 cm³/mol. The van der Waals surface area contributed by atoms with E-state index in [1.165, 1.54) is 0 Å². The first-order chi connectivity index (χ1) is 8.47. The fourth-order valence-electron chi connectivity index (χ4n) is 1.95. The first-order valence-electron chi connectivity index (χ1n) is 7.00. The maximum absolute atomic E-state index is 9.24. The highest BCUT2D eigenvalue weighted by molar-refractivity contribution is 5.03. The van der Waals surface area contributed by atoms with E-state index in [0.29, 0.717) is 0 Å². The SMILES string of the molecule is CCCN(CCN(C)C)CCC(C)(C#N)NCC. The molecule has 0 aliphatic rings. The molecule has 0 aliphatic carbocycles. The number of hydrogen-bond donors (Lipinski definition) is 1. The Labute approximate surface area is 113 Å².